The molecule has 17 heavy (non-hydrogen) atoms. The summed E-state index contributed by atoms with van der Waals surface area (Å²) in [6.45, 7) is 2.86. The van der Waals surface area contributed by atoms with Gasteiger partial charge in [-0.2, -0.15) is 0 Å². The van der Waals surface area contributed by atoms with Gasteiger partial charge in [-0.25, -0.2) is 0 Å². The maximum absolute atomic E-state index is 12.3. The number of likely N-dealkylation sites (tertiary alicyclic amines) is 1. The van der Waals surface area contributed by atoms with Crippen LogP contribution in [0.4, 0.5) is 0 Å². The summed E-state index contributed by atoms with van der Waals surface area (Å²) in [5.41, 5.74) is 5.30. The van der Waals surface area contributed by atoms with E-state index in [4.69, 9.17) is 10.5 Å². The largest absolute Gasteiger partial charge is 0.379 e. The first-order valence-corrected chi connectivity index (χ1v) is 6.35. The first-order chi connectivity index (χ1) is 8.03. The van der Waals surface area contributed by atoms with Crippen molar-refractivity contribution in [2.75, 3.05) is 40.4 Å². The molecule has 0 spiro atoms. The van der Waals surface area contributed by atoms with Crippen molar-refractivity contribution >= 4 is 5.91 Å². The molecule has 98 valence electrons. The Kier molecular flexibility index (Phi) is 3.70. The number of likely N-dealkylation sites (N-methyl/N-ethyl adjacent to an activating group) is 2. The zero-order valence-corrected chi connectivity index (χ0v) is 10.8. The number of hydrogen-bond donors (Lipinski definition) is 1. The number of ether oxygens (including phenoxy) is 1. The number of nitrogens with two attached hydrogens (primary N) is 1. The maximum Gasteiger partial charge on any atom is 0.244 e. The normalized spacial score (nSPS) is 34.2. The molecule has 5 nitrogen and oxygen atoms in total. The zero-order valence-electron chi connectivity index (χ0n) is 10.8. The van der Waals surface area contributed by atoms with E-state index in [0.717, 1.165) is 13.1 Å². The van der Waals surface area contributed by atoms with Gasteiger partial charge in [0.25, 0.3) is 0 Å². The minimum Gasteiger partial charge on any atom is -0.379 e. The van der Waals surface area contributed by atoms with E-state index >= 15 is 0 Å². The number of rotatable bonds is 3. The molecule has 5 heteroatoms. The van der Waals surface area contributed by atoms with Gasteiger partial charge in [0.1, 0.15) is 5.54 Å². The number of nitrogens with zero attached hydrogens (tertiary/aromatic N) is 2. The summed E-state index contributed by atoms with van der Waals surface area (Å²) in [4.78, 5) is 16.4. The van der Waals surface area contributed by atoms with Crippen LogP contribution in [-0.2, 0) is 9.53 Å². The van der Waals surface area contributed by atoms with Crippen LogP contribution < -0.4 is 5.73 Å². The number of hydrogen-bond acceptors (Lipinski definition) is 4. The molecule has 2 aliphatic rings. The fourth-order valence-corrected chi connectivity index (χ4v) is 2.74. The Morgan fingerprint density at radius 1 is 1.65 bits per heavy atom. The molecule has 0 aliphatic carbocycles. The van der Waals surface area contributed by atoms with Crippen LogP contribution in [0.5, 0.6) is 0 Å². The lowest BCUT2D eigenvalue weighted by molar-refractivity contribution is -0.136. The van der Waals surface area contributed by atoms with Gasteiger partial charge in [0, 0.05) is 26.2 Å². The smallest absolute Gasteiger partial charge is 0.244 e. The molecule has 2 N–H and O–H groups in total. The fraction of sp³-hybridized carbons (Fsp3) is 0.917. The minimum atomic E-state index is -0.786. The summed E-state index contributed by atoms with van der Waals surface area (Å²) >= 11 is 0. The van der Waals surface area contributed by atoms with Crippen LogP contribution in [0.25, 0.3) is 0 Å². The Morgan fingerprint density at radius 2 is 2.41 bits per heavy atom. The predicted octanol–water partition coefficient (Wildman–Crippen LogP) is -0.343. The molecule has 2 heterocycles. The van der Waals surface area contributed by atoms with E-state index in [1.807, 2.05) is 7.05 Å². The van der Waals surface area contributed by atoms with Crippen molar-refractivity contribution in [3.05, 3.63) is 0 Å². The average Bonchev–Trinajstić information content (AvgIpc) is 2.89. The summed E-state index contributed by atoms with van der Waals surface area (Å²) in [6, 6.07) is 0.481. The van der Waals surface area contributed by atoms with Crippen LogP contribution in [0, 0.1) is 0 Å². The quantitative estimate of drug-likeness (QED) is 0.734. The molecule has 0 aromatic carbocycles. The molecule has 0 saturated carbocycles. The van der Waals surface area contributed by atoms with Crippen molar-refractivity contribution < 1.29 is 9.53 Å². The third-order valence-corrected chi connectivity index (χ3v) is 3.98. The number of amides is 1. The first kappa shape index (κ1) is 12.8. The van der Waals surface area contributed by atoms with E-state index < -0.39 is 5.54 Å². The molecule has 0 aromatic rings. The summed E-state index contributed by atoms with van der Waals surface area (Å²) in [5, 5.41) is 0. The Labute approximate surface area is 103 Å². The maximum atomic E-state index is 12.3. The van der Waals surface area contributed by atoms with E-state index in [1.165, 1.54) is 12.8 Å². The van der Waals surface area contributed by atoms with Gasteiger partial charge in [-0.1, -0.05) is 0 Å². The van der Waals surface area contributed by atoms with E-state index in [1.54, 1.807) is 4.90 Å². The zero-order chi connectivity index (χ0) is 12.5. The van der Waals surface area contributed by atoms with Crippen LogP contribution in [-0.4, -0.2) is 67.7 Å². The second-order valence-electron chi connectivity index (χ2n) is 5.42. The standard InChI is InChI=1S/C12H23N3O2/c1-14-6-3-4-10(14)8-15(2)11(16)12(13)5-7-17-9-12/h10H,3-9,13H2,1-2H3. The minimum absolute atomic E-state index is 0.0234. The van der Waals surface area contributed by atoms with Crippen molar-refractivity contribution in [1.29, 1.82) is 0 Å². The Morgan fingerprint density at radius 3 is 2.94 bits per heavy atom. The molecule has 0 radical (unpaired) electrons. The average molecular weight is 241 g/mol. The summed E-state index contributed by atoms with van der Waals surface area (Å²) < 4.78 is 5.24. The molecule has 0 aromatic heterocycles. The van der Waals surface area contributed by atoms with E-state index in [-0.39, 0.29) is 5.91 Å². The van der Waals surface area contributed by atoms with Crippen molar-refractivity contribution in [1.82, 2.24) is 9.80 Å². The molecule has 2 unspecified atom stereocenters. The Hall–Kier alpha value is -0.650. The molecular weight excluding hydrogens is 218 g/mol. The van der Waals surface area contributed by atoms with Gasteiger partial charge in [-0.3, -0.25) is 4.79 Å². The van der Waals surface area contributed by atoms with Crippen molar-refractivity contribution in [3.63, 3.8) is 0 Å². The number of carbonyl (C=O) groups excluding carboxylic acids is 1. The molecule has 2 fully saturated rings. The van der Waals surface area contributed by atoms with Crippen molar-refractivity contribution in [2.24, 2.45) is 5.73 Å². The lowest BCUT2D eigenvalue weighted by Gasteiger charge is -2.31. The van der Waals surface area contributed by atoms with Gasteiger partial charge < -0.3 is 20.3 Å². The van der Waals surface area contributed by atoms with Gasteiger partial charge in [-0.15, -0.1) is 0 Å². The lowest BCUT2D eigenvalue weighted by Crippen LogP contribution is -2.56. The van der Waals surface area contributed by atoms with Crippen LogP contribution in [0.2, 0.25) is 0 Å². The van der Waals surface area contributed by atoms with E-state index in [9.17, 15) is 4.79 Å². The Bertz CT molecular complexity index is 289. The SMILES string of the molecule is CN(CC1CCCN1C)C(=O)C1(N)CCOC1. The van der Waals surface area contributed by atoms with Crippen LogP contribution >= 0.6 is 0 Å². The fourth-order valence-electron chi connectivity index (χ4n) is 2.74. The Balaban J connectivity index is 1.90. The summed E-state index contributed by atoms with van der Waals surface area (Å²) in [5.74, 6) is 0.0234. The van der Waals surface area contributed by atoms with Crippen molar-refractivity contribution in [2.45, 2.75) is 30.8 Å². The summed E-state index contributed by atoms with van der Waals surface area (Å²) in [6.07, 6.45) is 3.03. The highest BCUT2D eigenvalue weighted by Crippen LogP contribution is 2.20. The molecule has 2 aliphatic heterocycles. The third kappa shape index (κ3) is 2.61. The lowest BCUT2D eigenvalue weighted by atomic mass is 9.98. The molecule has 2 saturated heterocycles. The first-order valence-electron chi connectivity index (χ1n) is 6.35. The highest BCUT2D eigenvalue weighted by atomic mass is 16.5. The van der Waals surface area contributed by atoms with E-state index in [2.05, 4.69) is 11.9 Å². The predicted molar refractivity (Wildman–Crippen MR) is 65.6 cm³/mol. The van der Waals surface area contributed by atoms with Gasteiger partial charge in [0.15, 0.2) is 0 Å². The van der Waals surface area contributed by atoms with E-state index in [0.29, 0.717) is 25.7 Å². The topological polar surface area (TPSA) is 58.8 Å². The van der Waals surface area contributed by atoms with Gasteiger partial charge in [0.05, 0.1) is 6.61 Å². The summed E-state index contributed by atoms with van der Waals surface area (Å²) in [7, 11) is 3.97. The molecule has 1 amide bonds. The monoisotopic (exact) mass is 241 g/mol. The second-order valence-corrected chi connectivity index (χ2v) is 5.42. The van der Waals surface area contributed by atoms with Gasteiger partial charge in [0.2, 0.25) is 5.91 Å². The molecule has 2 rings (SSSR count). The third-order valence-electron chi connectivity index (χ3n) is 3.98. The number of carbonyl (C=O) groups is 1. The molecule has 0 bridgehead atoms. The highest BCUT2D eigenvalue weighted by Gasteiger charge is 2.40. The second kappa shape index (κ2) is 4.92. The van der Waals surface area contributed by atoms with Gasteiger partial charge in [-0.05, 0) is 32.9 Å². The van der Waals surface area contributed by atoms with Crippen molar-refractivity contribution in [3.8, 4) is 0 Å². The van der Waals surface area contributed by atoms with Crippen LogP contribution in [0.15, 0.2) is 0 Å². The highest BCUT2D eigenvalue weighted by molar-refractivity contribution is 5.86. The molecule has 2 atom stereocenters. The van der Waals surface area contributed by atoms with Gasteiger partial charge >= 0.3 is 0 Å². The van der Waals surface area contributed by atoms with Crippen LogP contribution in [0.1, 0.15) is 19.3 Å². The van der Waals surface area contributed by atoms with Crippen LogP contribution in [0.3, 0.4) is 0 Å². The molecular formula is C12H23N3O2.